The van der Waals surface area contributed by atoms with Gasteiger partial charge in [0.25, 0.3) is 0 Å². The van der Waals surface area contributed by atoms with E-state index in [2.05, 4.69) is 42.8 Å². The average Bonchev–Trinajstić information content (AvgIpc) is 2.53. The number of nitrogens with zero attached hydrogens (tertiary/aromatic N) is 2. The Balaban J connectivity index is 2.39. The largest absolute Gasteiger partial charge is 0.494 e. The van der Waals surface area contributed by atoms with Crippen LogP contribution in [0, 0.1) is 6.92 Å². The number of methoxy groups -OCH3 is 1. The van der Waals surface area contributed by atoms with Crippen molar-refractivity contribution in [3.8, 4) is 17.0 Å². The molecule has 22 heavy (non-hydrogen) atoms. The van der Waals surface area contributed by atoms with Crippen LogP contribution in [0.5, 0.6) is 5.75 Å². The maximum Gasteiger partial charge on any atom is 0.153 e. The molecule has 2 aromatic heterocycles. The molecule has 0 aliphatic rings. The first-order chi connectivity index (χ1) is 10.6. The van der Waals surface area contributed by atoms with Gasteiger partial charge in [0, 0.05) is 28.9 Å². The predicted molar refractivity (Wildman–Crippen MR) is 91.0 cm³/mol. The molecule has 0 aliphatic heterocycles. The number of hydrogen-bond donors (Lipinski definition) is 0. The lowest BCUT2D eigenvalue weighted by molar-refractivity contribution is 0.414. The van der Waals surface area contributed by atoms with E-state index >= 15 is 0 Å². The molecule has 3 heteroatoms. The Morgan fingerprint density at radius 1 is 1.14 bits per heavy atom. The summed E-state index contributed by atoms with van der Waals surface area (Å²) in [7, 11) is 1.67. The van der Waals surface area contributed by atoms with Crippen molar-refractivity contribution >= 4 is 16.5 Å². The minimum atomic E-state index is 0.747. The minimum Gasteiger partial charge on any atom is -0.494 e. The molecule has 0 N–H and O–H groups in total. The van der Waals surface area contributed by atoms with Crippen molar-refractivity contribution in [2.45, 2.75) is 13.8 Å². The normalized spacial score (nSPS) is 10.7. The standard InChI is InChI=1S/C19H18N2O/c1-12(2)17-15-11-20-10-9-16(15)21-18(19(17)22-4)14-7-5-13(3)6-8-14/h5-11H,1H2,2-4H3. The second-order valence-corrected chi connectivity index (χ2v) is 5.41. The van der Waals surface area contributed by atoms with Crippen LogP contribution in [0.3, 0.4) is 0 Å². The van der Waals surface area contributed by atoms with E-state index in [1.165, 1.54) is 5.56 Å². The molecule has 0 bridgehead atoms. The summed E-state index contributed by atoms with van der Waals surface area (Å²) >= 11 is 0. The summed E-state index contributed by atoms with van der Waals surface area (Å²) in [6, 6.07) is 10.2. The van der Waals surface area contributed by atoms with Crippen LogP contribution in [0.4, 0.5) is 0 Å². The van der Waals surface area contributed by atoms with Crippen LogP contribution in [0.25, 0.3) is 27.7 Å². The topological polar surface area (TPSA) is 35.0 Å². The highest BCUT2D eigenvalue weighted by Crippen LogP contribution is 2.39. The molecule has 1 aromatic carbocycles. The first kappa shape index (κ1) is 14.3. The van der Waals surface area contributed by atoms with Gasteiger partial charge in [0.05, 0.1) is 12.6 Å². The Bertz CT molecular complexity index is 851. The van der Waals surface area contributed by atoms with E-state index < -0.39 is 0 Å². The first-order valence-electron chi connectivity index (χ1n) is 7.16. The van der Waals surface area contributed by atoms with Crippen LogP contribution < -0.4 is 4.74 Å². The molecule has 0 spiro atoms. The fourth-order valence-electron chi connectivity index (χ4n) is 2.62. The first-order valence-corrected chi connectivity index (χ1v) is 7.16. The summed E-state index contributed by atoms with van der Waals surface area (Å²) in [5.41, 5.74) is 5.88. The molecule has 0 fully saturated rings. The summed E-state index contributed by atoms with van der Waals surface area (Å²) in [4.78, 5) is 8.99. The molecule has 3 nitrogen and oxygen atoms in total. The molecule has 0 aliphatic carbocycles. The van der Waals surface area contributed by atoms with Gasteiger partial charge in [-0.1, -0.05) is 36.4 Å². The van der Waals surface area contributed by atoms with Gasteiger partial charge in [0.1, 0.15) is 5.69 Å². The number of aryl methyl sites for hydroxylation is 1. The van der Waals surface area contributed by atoms with Gasteiger partial charge in [-0.3, -0.25) is 4.98 Å². The fraction of sp³-hybridized carbons (Fsp3) is 0.158. The number of fused-ring (bicyclic) bond motifs is 1. The van der Waals surface area contributed by atoms with Crippen LogP contribution >= 0.6 is 0 Å². The van der Waals surface area contributed by atoms with Crippen molar-refractivity contribution in [1.82, 2.24) is 9.97 Å². The van der Waals surface area contributed by atoms with Crippen LogP contribution in [0.1, 0.15) is 18.1 Å². The number of rotatable bonds is 3. The van der Waals surface area contributed by atoms with E-state index in [9.17, 15) is 0 Å². The van der Waals surface area contributed by atoms with E-state index in [1.807, 2.05) is 19.2 Å². The average molecular weight is 290 g/mol. The number of hydrogen-bond acceptors (Lipinski definition) is 3. The highest BCUT2D eigenvalue weighted by molar-refractivity contribution is 5.96. The van der Waals surface area contributed by atoms with Gasteiger partial charge in [0.15, 0.2) is 5.75 Å². The van der Waals surface area contributed by atoms with Crippen molar-refractivity contribution in [1.29, 1.82) is 0 Å². The molecule has 110 valence electrons. The molecule has 2 heterocycles. The third-order valence-electron chi connectivity index (χ3n) is 3.70. The third-order valence-corrected chi connectivity index (χ3v) is 3.70. The van der Waals surface area contributed by atoms with Crippen molar-refractivity contribution in [3.05, 3.63) is 60.4 Å². The van der Waals surface area contributed by atoms with Gasteiger partial charge in [-0.15, -0.1) is 0 Å². The summed E-state index contributed by atoms with van der Waals surface area (Å²) in [5, 5.41) is 0.961. The Labute approximate surface area is 130 Å². The monoisotopic (exact) mass is 290 g/mol. The van der Waals surface area contributed by atoms with E-state index in [0.717, 1.165) is 39.0 Å². The maximum absolute atomic E-state index is 5.68. The molecule has 0 atom stereocenters. The lowest BCUT2D eigenvalue weighted by Gasteiger charge is -2.16. The van der Waals surface area contributed by atoms with Crippen molar-refractivity contribution in [3.63, 3.8) is 0 Å². The zero-order valence-corrected chi connectivity index (χ0v) is 13.1. The minimum absolute atomic E-state index is 0.747. The highest BCUT2D eigenvalue weighted by Gasteiger charge is 2.17. The van der Waals surface area contributed by atoms with Gasteiger partial charge < -0.3 is 4.74 Å². The van der Waals surface area contributed by atoms with Crippen molar-refractivity contribution in [2.24, 2.45) is 0 Å². The van der Waals surface area contributed by atoms with Gasteiger partial charge in [-0.2, -0.15) is 0 Å². The number of benzene rings is 1. The van der Waals surface area contributed by atoms with Crippen LogP contribution in [0.15, 0.2) is 49.3 Å². The molecule has 0 radical (unpaired) electrons. The van der Waals surface area contributed by atoms with Gasteiger partial charge in [0.2, 0.25) is 0 Å². The van der Waals surface area contributed by atoms with Gasteiger partial charge >= 0.3 is 0 Å². The molecule has 3 aromatic rings. The fourth-order valence-corrected chi connectivity index (χ4v) is 2.62. The quantitative estimate of drug-likeness (QED) is 0.704. The Hall–Kier alpha value is -2.68. The van der Waals surface area contributed by atoms with Crippen LogP contribution in [-0.2, 0) is 0 Å². The second kappa shape index (κ2) is 5.60. The van der Waals surface area contributed by atoms with E-state index in [0.29, 0.717) is 0 Å². The number of allylic oxidation sites excluding steroid dienone is 1. The smallest absolute Gasteiger partial charge is 0.153 e. The lowest BCUT2D eigenvalue weighted by Crippen LogP contribution is -1.98. The van der Waals surface area contributed by atoms with Crippen LogP contribution in [0.2, 0.25) is 0 Å². The Kier molecular flexibility index (Phi) is 3.63. The summed E-state index contributed by atoms with van der Waals surface area (Å²) in [6.45, 7) is 8.14. The zero-order chi connectivity index (χ0) is 15.7. The van der Waals surface area contributed by atoms with Gasteiger partial charge in [-0.05, 0) is 25.5 Å². The summed E-state index contributed by atoms with van der Waals surface area (Å²) < 4.78 is 5.68. The SMILES string of the molecule is C=C(C)c1c(OC)c(-c2ccc(C)cc2)nc2ccncc12. The van der Waals surface area contributed by atoms with E-state index in [-0.39, 0.29) is 0 Å². The number of aromatic nitrogens is 2. The Morgan fingerprint density at radius 2 is 1.86 bits per heavy atom. The molecular formula is C19H18N2O. The second-order valence-electron chi connectivity index (χ2n) is 5.41. The van der Waals surface area contributed by atoms with E-state index in [4.69, 9.17) is 9.72 Å². The predicted octanol–water partition coefficient (Wildman–Crippen LogP) is 4.65. The maximum atomic E-state index is 5.68. The lowest BCUT2D eigenvalue weighted by atomic mass is 9.99. The van der Waals surface area contributed by atoms with E-state index in [1.54, 1.807) is 13.3 Å². The highest BCUT2D eigenvalue weighted by atomic mass is 16.5. The zero-order valence-electron chi connectivity index (χ0n) is 13.1. The van der Waals surface area contributed by atoms with Crippen LogP contribution in [-0.4, -0.2) is 17.1 Å². The molecular weight excluding hydrogens is 272 g/mol. The molecule has 0 unspecified atom stereocenters. The molecule has 0 saturated heterocycles. The van der Waals surface area contributed by atoms with Gasteiger partial charge in [-0.25, -0.2) is 4.98 Å². The van der Waals surface area contributed by atoms with Crippen molar-refractivity contribution < 1.29 is 4.74 Å². The molecule has 0 saturated carbocycles. The number of ether oxygens (including phenoxy) is 1. The third kappa shape index (κ3) is 2.35. The summed E-state index contributed by atoms with van der Waals surface area (Å²) in [5.74, 6) is 0.747. The number of pyridine rings is 2. The van der Waals surface area contributed by atoms with Crippen molar-refractivity contribution in [2.75, 3.05) is 7.11 Å². The molecule has 3 rings (SSSR count). The Morgan fingerprint density at radius 3 is 2.50 bits per heavy atom. The molecule has 0 amide bonds. The summed E-state index contributed by atoms with van der Waals surface area (Å²) in [6.07, 6.45) is 3.57.